The molecule has 0 saturated carbocycles. The zero-order chi connectivity index (χ0) is 22.3. The van der Waals surface area contributed by atoms with Gasteiger partial charge in [0.1, 0.15) is 5.82 Å². The van der Waals surface area contributed by atoms with Crippen LogP contribution in [0.15, 0.2) is 91.5 Å². The fourth-order valence-corrected chi connectivity index (χ4v) is 4.26. The number of unbranched alkanes of at least 4 members (excludes halogenated alkanes) is 2. The molecule has 0 bridgehead atoms. The van der Waals surface area contributed by atoms with Crippen molar-refractivity contribution in [2.24, 2.45) is 0 Å². The Hall–Kier alpha value is -3.19. The summed E-state index contributed by atoms with van der Waals surface area (Å²) in [5, 5.41) is 2.44. The lowest BCUT2D eigenvalue weighted by atomic mass is 9.96. The van der Waals surface area contributed by atoms with Crippen molar-refractivity contribution in [3.8, 4) is 22.3 Å². The molecule has 32 heavy (non-hydrogen) atoms. The lowest BCUT2D eigenvalue weighted by Gasteiger charge is -2.10. The van der Waals surface area contributed by atoms with Crippen LogP contribution in [-0.4, -0.2) is 0 Å². The summed E-state index contributed by atoms with van der Waals surface area (Å²) in [5.41, 5.74) is 6.14. The Labute approximate surface area is 191 Å². The maximum Gasteiger partial charge on any atom is 0.131 e. The first-order valence-electron chi connectivity index (χ1n) is 11.7. The number of fused-ring (bicyclic) bond motifs is 1. The average molecular weight is 423 g/mol. The van der Waals surface area contributed by atoms with Crippen molar-refractivity contribution in [1.82, 2.24) is 0 Å². The third-order valence-electron chi connectivity index (χ3n) is 6.18. The first-order valence-corrected chi connectivity index (χ1v) is 11.7. The van der Waals surface area contributed by atoms with Gasteiger partial charge in [-0.15, -0.1) is 6.58 Å². The minimum absolute atomic E-state index is 0.187. The minimum atomic E-state index is -0.187. The monoisotopic (exact) mass is 422 g/mol. The zero-order valence-corrected chi connectivity index (χ0v) is 18.9. The largest absolute Gasteiger partial charge is 0.206 e. The van der Waals surface area contributed by atoms with E-state index in [1.54, 1.807) is 6.07 Å². The second-order valence-corrected chi connectivity index (χ2v) is 8.57. The number of benzene rings is 4. The summed E-state index contributed by atoms with van der Waals surface area (Å²) in [6.07, 6.45) is 8.73. The van der Waals surface area contributed by atoms with E-state index in [-0.39, 0.29) is 5.82 Å². The third-order valence-corrected chi connectivity index (χ3v) is 6.18. The Balaban J connectivity index is 1.55. The SMILES string of the molecule is C=CCCc1ccc(-c2ccc(-c3ccc4cc(CCCCC)ccc4c3)cc2F)cc1. The molecule has 0 aliphatic heterocycles. The number of hydrogen-bond donors (Lipinski definition) is 0. The van der Waals surface area contributed by atoms with Gasteiger partial charge in [-0.1, -0.05) is 92.6 Å². The van der Waals surface area contributed by atoms with Crippen LogP contribution in [0.4, 0.5) is 4.39 Å². The maximum absolute atomic E-state index is 15.0. The highest BCUT2D eigenvalue weighted by Crippen LogP contribution is 2.30. The molecule has 0 aliphatic carbocycles. The van der Waals surface area contributed by atoms with Gasteiger partial charge in [0.2, 0.25) is 0 Å². The van der Waals surface area contributed by atoms with E-state index in [2.05, 4.69) is 62.0 Å². The molecule has 0 heterocycles. The zero-order valence-electron chi connectivity index (χ0n) is 18.9. The highest BCUT2D eigenvalue weighted by atomic mass is 19.1. The molecule has 0 aliphatic rings. The summed E-state index contributed by atoms with van der Waals surface area (Å²) in [5.74, 6) is -0.187. The van der Waals surface area contributed by atoms with E-state index >= 15 is 4.39 Å². The van der Waals surface area contributed by atoms with Crippen molar-refractivity contribution in [2.45, 2.75) is 45.4 Å². The molecule has 0 amide bonds. The summed E-state index contributed by atoms with van der Waals surface area (Å²) in [6, 6.07) is 26.8. The topological polar surface area (TPSA) is 0 Å². The summed E-state index contributed by atoms with van der Waals surface area (Å²) in [7, 11) is 0. The van der Waals surface area contributed by atoms with Crippen LogP contribution in [-0.2, 0) is 12.8 Å². The van der Waals surface area contributed by atoms with Crippen LogP contribution in [0.3, 0.4) is 0 Å². The molecule has 0 radical (unpaired) electrons. The number of halogens is 1. The molecule has 0 aromatic heterocycles. The predicted molar refractivity (Wildman–Crippen MR) is 137 cm³/mol. The van der Waals surface area contributed by atoms with Gasteiger partial charge in [-0.05, 0) is 76.4 Å². The predicted octanol–water partition coefficient (Wildman–Crippen LogP) is 9.16. The van der Waals surface area contributed by atoms with Crippen molar-refractivity contribution in [3.63, 3.8) is 0 Å². The highest BCUT2D eigenvalue weighted by molar-refractivity contribution is 5.88. The Morgan fingerprint density at radius 3 is 2.09 bits per heavy atom. The van der Waals surface area contributed by atoms with Gasteiger partial charge in [0.15, 0.2) is 0 Å². The van der Waals surface area contributed by atoms with Gasteiger partial charge in [0, 0.05) is 5.56 Å². The molecular weight excluding hydrogens is 391 g/mol. The molecule has 0 saturated heterocycles. The quantitative estimate of drug-likeness (QED) is 0.186. The normalized spacial score (nSPS) is 11.1. The molecule has 4 rings (SSSR count). The summed E-state index contributed by atoms with van der Waals surface area (Å²) in [4.78, 5) is 0. The van der Waals surface area contributed by atoms with Crippen molar-refractivity contribution < 1.29 is 4.39 Å². The van der Waals surface area contributed by atoms with Crippen LogP contribution in [0, 0.1) is 5.82 Å². The molecule has 0 fully saturated rings. The molecule has 162 valence electrons. The number of hydrogen-bond acceptors (Lipinski definition) is 0. The van der Waals surface area contributed by atoms with Gasteiger partial charge in [-0.3, -0.25) is 0 Å². The van der Waals surface area contributed by atoms with Crippen molar-refractivity contribution in [3.05, 3.63) is 108 Å². The van der Waals surface area contributed by atoms with Crippen LogP contribution in [0.5, 0.6) is 0 Å². The van der Waals surface area contributed by atoms with Crippen molar-refractivity contribution >= 4 is 10.8 Å². The van der Waals surface area contributed by atoms with E-state index < -0.39 is 0 Å². The second kappa shape index (κ2) is 10.4. The van der Waals surface area contributed by atoms with E-state index in [1.165, 1.54) is 41.2 Å². The third kappa shape index (κ3) is 5.16. The first-order chi connectivity index (χ1) is 15.7. The summed E-state index contributed by atoms with van der Waals surface area (Å²) >= 11 is 0. The first kappa shape index (κ1) is 22.0. The molecule has 1 heteroatoms. The smallest absolute Gasteiger partial charge is 0.131 e. The van der Waals surface area contributed by atoms with Crippen LogP contribution < -0.4 is 0 Å². The lowest BCUT2D eigenvalue weighted by molar-refractivity contribution is 0.632. The number of aryl methyl sites for hydroxylation is 2. The molecule has 4 aromatic rings. The lowest BCUT2D eigenvalue weighted by Crippen LogP contribution is -1.89. The van der Waals surface area contributed by atoms with Gasteiger partial charge in [-0.2, -0.15) is 0 Å². The fourth-order valence-electron chi connectivity index (χ4n) is 4.26. The van der Waals surface area contributed by atoms with Gasteiger partial charge >= 0.3 is 0 Å². The van der Waals surface area contributed by atoms with Crippen LogP contribution in [0.25, 0.3) is 33.0 Å². The van der Waals surface area contributed by atoms with Crippen molar-refractivity contribution in [2.75, 3.05) is 0 Å². The standard InChI is InChI=1S/C31H31F/c1-3-5-7-9-24-12-15-27-21-28(17-16-26(27)20-24)29-18-19-30(31(32)22-29)25-13-10-23(11-14-25)8-6-4-2/h4,10-22H,2-3,5-9H2,1H3. The van der Waals surface area contributed by atoms with E-state index in [4.69, 9.17) is 0 Å². The average Bonchev–Trinajstić information content (AvgIpc) is 2.83. The van der Waals surface area contributed by atoms with E-state index in [0.717, 1.165) is 36.0 Å². The Kier molecular flexibility index (Phi) is 7.17. The van der Waals surface area contributed by atoms with Gasteiger partial charge < -0.3 is 0 Å². The fraction of sp³-hybridized carbons (Fsp3) is 0.226. The molecule has 0 spiro atoms. The van der Waals surface area contributed by atoms with E-state index in [1.807, 2.05) is 30.3 Å². The number of allylic oxidation sites excluding steroid dienone is 1. The summed E-state index contributed by atoms with van der Waals surface area (Å²) in [6.45, 7) is 6.00. The maximum atomic E-state index is 15.0. The Morgan fingerprint density at radius 1 is 0.688 bits per heavy atom. The van der Waals surface area contributed by atoms with E-state index in [9.17, 15) is 0 Å². The molecule has 0 nitrogen and oxygen atoms in total. The molecular formula is C31H31F. The van der Waals surface area contributed by atoms with E-state index in [0.29, 0.717) is 5.56 Å². The van der Waals surface area contributed by atoms with Crippen LogP contribution >= 0.6 is 0 Å². The Morgan fingerprint density at radius 2 is 1.34 bits per heavy atom. The number of rotatable bonds is 9. The molecule has 4 aromatic carbocycles. The van der Waals surface area contributed by atoms with Gasteiger partial charge in [0.05, 0.1) is 0 Å². The molecule has 0 unspecified atom stereocenters. The van der Waals surface area contributed by atoms with Crippen molar-refractivity contribution in [1.29, 1.82) is 0 Å². The highest BCUT2D eigenvalue weighted by Gasteiger charge is 2.09. The van der Waals surface area contributed by atoms with Gasteiger partial charge in [-0.25, -0.2) is 4.39 Å². The van der Waals surface area contributed by atoms with Crippen LogP contribution in [0.1, 0.15) is 43.7 Å². The molecule has 0 atom stereocenters. The second-order valence-electron chi connectivity index (χ2n) is 8.57. The Bertz CT molecular complexity index is 1200. The summed E-state index contributed by atoms with van der Waals surface area (Å²) < 4.78 is 15.0. The van der Waals surface area contributed by atoms with Gasteiger partial charge in [0.25, 0.3) is 0 Å². The van der Waals surface area contributed by atoms with Crippen LogP contribution in [0.2, 0.25) is 0 Å². The molecule has 0 N–H and O–H groups in total. The minimum Gasteiger partial charge on any atom is -0.206 e.